The van der Waals surface area contributed by atoms with E-state index in [-0.39, 0.29) is 24.8 Å². The van der Waals surface area contributed by atoms with Crippen LogP contribution in [0.25, 0.3) is 5.69 Å². The number of benzene rings is 2. The van der Waals surface area contributed by atoms with Crippen LogP contribution in [0.1, 0.15) is 12.2 Å². The van der Waals surface area contributed by atoms with Gasteiger partial charge in [-0.05, 0) is 37.3 Å². The van der Waals surface area contributed by atoms with Crippen LogP contribution >= 0.6 is 0 Å². The fourth-order valence-electron chi connectivity index (χ4n) is 3.78. The average molecular weight is 438 g/mol. The van der Waals surface area contributed by atoms with Gasteiger partial charge in [-0.15, -0.1) is 0 Å². The van der Waals surface area contributed by atoms with Gasteiger partial charge in [-0.1, -0.05) is 0 Å². The van der Waals surface area contributed by atoms with Gasteiger partial charge in [0, 0.05) is 37.1 Å². The molecule has 1 N–H and O–H groups in total. The summed E-state index contributed by atoms with van der Waals surface area (Å²) in [6.45, 7) is 1.97. The molecule has 1 atom stereocenters. The van der Waals surface area contributed by atoms with E-state index in [1.54, 1.807) is 61.3 Å². The van der Waals surface area contributed by atoms with Gasteiger partial charge in [-0.3, -0.25) is 9.59 Å². The molecule has 4 rings (SSSR count). The van der Waals surface area contributed by atoms with E-state index in [1.165, 1.54) is 18.1 Å². The minimum atomic E-state index is -0.576. The molecular formula is C23H23FN4O4. The predicted molar refractivity (Wildman–Crippen MR) is 117 cm³/mol. The van der Waals surface area contributed by atoms with Gasteiger partial charge in [0.05, 0.1) is 31.5 Å². The van der Waals surface area contributed by atoms with Crippen LogP contribution in [0.3, 0.4) is 0 Å². The van der Waals surface area contributed by atoms with Crippen LogP contribution < -0.4 is 19.7 Å². The van der Waals surface area contributed by atoms with Crippen molar-refractivity contribution >= 4 is 23.2 Å². The minimum absolute atomic E-state index is 0.0514. The third-order valence-electron chi connectivity index (χ3n) is 5.47. The lowest BCUT2D eigenvalue weighted by molar-refractivity contribution is -0.122. The molecule has 8 nitrogen and oxygen atoms in total. The van der Waals surface area contributed by atoms with Gasteiger partial charge in [-0.2, -0.15) is 0 Å². The Morgan fingerprint density at radius 2 is 1.94 bits per heavy atom. The summed E-state index contributed by atoms with van der Waals surface area (Å²) in [5.41, 5.74) is 1.23. The third-order valence-corrected chi connectivity index (χ3v) is 5.47. The van der Waals surface area contributed by atoms with Crippen LogP contribution in [0.15, 0.2) is 48.8 Å². The molecule has 2 heterocycles. The lowest BCUT2D eigenvalue weighted by atomic mass is 10.1. The first kappa shape index (κ1) is 21.4. The molecule has 1 aliphatic heterocycles. The molecule has 0 radical (unpaired) electrons. The normalized spacial score (nSPS) is 15.7. The van der Waals surface area contributed by atoms with Crippen molar-refractivity contribution in [3.63, 3.8) is 0 Å². The van der Waals surface area contributed by atoms with Gasteiger partial charge in [0.25, 0.3) is 0 Å². The third kappa shape index (κ3) is 4.01. The standard InChI is InChI=1S/C23H23FN4O4/c1-14-25-8-9-27(14)19-6-4-16(11-18(19)24)26-23(30)15-10-22(29)28(13-15)20-7-5-17(31-2)12-21(20)32-3/h4-9,11-12,15H,10,13H2,1-3H3,(H,26,30). The van der Waals surface area contributed by atoms with E-state index in [0.717, 1.165) is 0 Å². The summed E-state index contributed by atoms with van der Waals surface area (Å²) in [5, 5.41) is 2.72. The predicted octanol–water partition coefficient (Wildman–Crippen LogP) is 3.33. The van der Waals surface area contributed by atoms with Crippen molar-refractivity contribution < 1.29 is 23.5 Å². The number of imidazole rings is 1. The van der Waals surface area contributed by atoms with Gasteiger partial charge < -0.3 is 24.3 Å². The topological polar surface area (TPSA) is 85.7 Å². The van der Waals surface area contributed by atoms with Crippen LogP contribution in [0.5, 0.6) is 11.5 Å². The number of anilines is 2. The first-order valence-corrected chi connectivity index (χ1v) is 10.0. The van der Waals surface area contributed by atoms with Crippen molar-refractivity contribution in [3.8, 4) is 17.2 Å². The molecule has 1 aromatic heterocycles. The number of nitrogens with one attached hydrogen (secondary N) is 1. The molecule has 9 heteroatoms. The van der Waals surface area contributed by atoms with E-state index in [2.05, 4.69) is 10.3 Å². The van der Waals surface area contributed by atoms with Crippen molar-refractivity contribution in [2.24, 2.45) is 5.92 Å². The number of carbonyl (C=O) groups is 2. The first-order chi connectivity index (χ1) is 15.4. The number of aryl methyl sites for hydroxylation is 1. The molecule has 0 aliphatic carbocycles. The second kappa shape index (κ2) is 8.70. The van der Waals surface area contributed by atoms with Crippen molar-refractivity contribution in [3.05, 3.63) is 60.4 Å². The highest BCUT2D eigenvalue weighted by atomic mass is 19.1. The number of aromatic nitrogens is 2. The van der Waals surface area contributed by atoms with Crippen molar-refractivity contribution in [1.82, 2.24) is 9.55 Å². The van der Waals surface area contributed by atoms with Crippen LogP contribution in [0, 0.1) is 18.7 Å². The summed E-state index contributed by atoms with van der Waals surface area (Å²) >= 11 is 0. The summed E-state index contributed by atoms with van der Waals surface area (Å²) < 4.78 is 26.8. The van der Waals surface area contributed by atoms with Gasteiger partial charge >= 0.3 is 0 Å². The Morgan fingerprint density at radius 1 is 1.16 bits per heavy atom. The zero-order chi connectivity index (χ0) is 22.8. The molecule has 32 heavy (non-hydrogen) atoms. The summed E-state index contributed by atoms with van der Waals surface area (Å²) in [6.07, 6.45) is 3.30. The molecule has 3 aromatic rings. The molecule has 1 aliphatic rings. The van der Waals surface area contributed by atoms with E-state index in [4.69, 9.17) is 9.47 Å². The Labute approximate surface area is 184 Å². The summed E-state index contributed by atoms with van der Waals surface area (Å²) in [6, 6.07) is 9.59. The highest BCUT2D eigenvalue weighted by Gasteiger charge is 2.36. The van der Waals surface area contributed by atoms with Gasteiger partial charge in [0.2, 0.25) is 11.8 Å². The number of halogens is 1. The summed E-state index contributed by atoms with van der Waals surface area (Å²) in [4.78, 5) is 31.0. The molecule has 1 saturated heterocycles. The van der Waals surface area contributed by atoms with Gasteiger partial charge in [0.15, 0.2) is 0 Å². The van der Waals surface area contributed by atoms with Crippen molar-refractivity contribution in [1.29, 1.82) is 0 Å². The maximum atomic E-state index is 14.6. The molecule has 166 valence electrons. The molecule has 2 aromatic carbocycles. The second-order valence-corrected chi connectivity index (χ2v) is 7.44. The quantitative estimate of drug-likeness (QED) is 0.638. The Kier molecular flexibility index (Phi) is 5.81. The number of hydrogen-bond acceptors (Lipinski definition) is 5. The molecule has 1 unspecified atom stereocenters. The molecule has 0 bridgehead atoms. The van der Waals surface area contributed by atoms with E-state index >= 15 is 0 Å². The number of amides is 2. The molecular weight excluding hydrogens is 415 g/mol. The maximum absolute atomic E-state index is 14.6. The van der Waals surface area contributed by atoms with Gasteiger partial charge in [-0.25, -0.2) is 9.37 Å². The van der Waals surface area contributed by atoms with E-state index in [9.17, 15) is 14.0 Å². The van der Waals surface area contributed by atoms with E-state index < -0.39 is 11.7 Å². The van der Waals surface area contributed by atoms with Crippen LogP contribution in [0.2, 0.25) is 0 Å². The lowest BCUT2D eigenvalue weighted by Gasteiger charge is -2.20. The maximum Gasteiger partial charge on any atom is 0.229 e. The Morgan fingerprint density at radius 3 is 2.59 bits per heavy atom. The summed E-state index contributed by atoms with van der Waals surface area (Å²) in [7, 11) is 3.05. The SMILES string of the molecule is COc1ccc(N2CC(C(=O)Nc3ccc(-n4ccnc4C)c(F)c3)CC2=O)c(OC)c1. The molecule has 0 spiro atoms. The molecule has 2 amide bonds. The fourth-order valence-corrected chi connectivity index (χ4v) is 3.78. The monoisotopic (exact) mass is 438 g/mol. The zero-order valence-corrected chi connectivity index (χ0v) is 18.0. The Hall–Kier alpha value is -3.88. The second-order valence-electron chi connectivity index (χ2n) is 7.44. The fraction of sp³-hybridized carbons (Fsp3) is 0.261. The van der Waals surface area contributed by atoms with Crippen LogP contribution in [-0.2, 0) is 9.59 Å². The smallest absolute Gasteiger partial charge is 0.229 e. The Bertz CT molecular complexity index is 1180. The van der Waals surface area contributed by atoms with Crippen LogP contribution in [0.4, 0.5) is 15.8 Å². The lowest BCUT2D eigenvalue weighted by Crippen LogP contribution is -2.28. The number of carbonyl (C=O) groups excluding carboxylic acids is 2. The van der Waals surface area contributed by atoms with Crippen molar-refractivity contribution in [2.75, 3.05) is 31.0 Å². The summed E-state index contributed by atoms with van der Waals surface area (Å²) in [5.74, 6) is 0.127. The first-order valence-electron chi connectivity index (χ1n) is 10.0. The number of methoxy groups -OCH3 is 2. The average Bonchev–Trinajstić information content (AvgIpc) is 3.39. The van der Waals surface area contributed by atoms with E-state index in [0.29, 0.717) is 34.4 Å². The number of ether oxygens (including phenoxy) is 2. The highest BCUT2D eigenvalue weighted by molar-refractivity contribution is 6.04. The molecule has 0 saturated carbocycles. The number of nitrogens with zero attached hydrogens (tertiary/aromatic N) is 3. The van der Waals surface area contributed by atoms with Gasteiger partial charge in [0.1, 0.15) is 23.1 Å². The number of hydrogen-bond donors (Lipinski definition) is 1. The minimum Gasteiger partial charge on any atom is -0.497 e. The largest absolute Gasteiger partial charge is 0.497 e. The van der Waals surface area contributed by atoms with Crippen molar-refractivity contribution in [2.45, 2.75) is 13.3 Å². The Balaban J connectivity index is 1.48. The van der Waals surface area contributed by atoms with Crippen LogP contribution in [-0.4, -0.2) is 42.1 Å². The van der Waals surface area contributed by atoms with E-state index in [1.807, 2.05) is 0 Å². The zero-order valence-electron chi connectivity index (χ0n) is 18.0. The number of rotatable bonds is 6. The highest BCUT2D eigenvalue weighted by Crippen LogP contribution is 2.36. The molecule has 1 fully saturated rings.